The van der Waals surface area contributed by atoms with Crippen LogP contribution < -0.4 is 35.4 Å². The third-order valence-corrected chi connectivity index (χ3v) is 1.34. The third-order valence-electron chi connectivity index (χ3n) is 1.34. The van der Waals surface area contributed by atoms with Crippen LogP contribution in [0.25, 0.3) is 0 Å². The summed E-state index contributed by atoms with van der Waals surface area (Å²) in [4.78, 5) is 10.6. The quantitative estimate of drug-likeness (QED) is 0.218. The van der Waals surface area contributed by atoms with Crippen molar-refractivity contribution in [1.29, 1.82) is 0 Å². The van der Waals surface area contributed by atoms with Crippen LogP contribution in [0.1, 0.15) is 21.7 Å². The molecule has 5 heteroatoms. The molecule has 0 heterocycles. The van der Waals surface area contributed by atoms with Gasteiger partial charge in [0.15, 0.2) is 0 Å². The standard InChI is InChI=1S/C7H16N2O2.Na.H/c1-3-7(10)11-6-5-9(8)4-2;;/h3-6,8H2,1-2H3;;/q;+1;-1. The predicted octanol–water partition coefficient (Wildman–Crippen LogP) is -2.75. The normalized spacial score (nSPS) is 9.33. The van der Waals surface area contributed by atoms with E-state index in [0.29, 0.717) is 19.6 Å². The Morgan fingerprint density at radius 2 is 2.17 bits per heavy atom. The van der Waals surface area contributed by atoms with Gasteiger partial charge in [0.25, 0.3) is 0 Å². The number of esters is 1. The number of carbonyl (C=O) groups is 1. The van der Waals surface area contributed by atoms with Crippen molar-refractivity contribution in [3.63, 3.8) is 0 Å². The molecule has 0 saturated heterocycles. The van der Waals surface area contributed by atoms with Gasteiger partial charge in [-0.2, -0.15) is 0 Å². The molecule has 0 radical (unpaired) electrons. The molecule has 0 aliphatic carbocycles. The molecule has 4 nitrogen and oxygen atoms in total. The third kappa shape index (κ3) is 8.49. The summed E-state index contributed by atoms with van der Waals surface area (Å²) < 4.78 is 4.80. The van der Waals surface area contributed by atoms with Gasteiger partial charge in [0.2, 0.25) is 0 Å². The molecule has 0 rings (SSSR count). The second kappa shape index (κ2) is 9.48. The van der Waals surface area contributed by atoms with E-state index < -0.39 is 0 Å². The molecule has 68 valence electrons. The summed E-state index contributed by atoms with van der Waals surface area (Å²) in [7, 11) is 0. The molecular weight excluding hydrogens is 167 g/mol. The van der Waals surface area contributed by atoms with E-state index in [9.17, 15) is 4.79 Å². The summed E-state index contributed by atoms with van der Waals surface area (Å²) in [6.45, 7) is 5.47. The largest absolute Gasteiger partial charge is 1.00 e. The molecule has 0 aromatic heterocycles. The van der Waals surface area contributed by atoms with Crippen LogP contribution in [-0.2, 0) is 9.53 Å². The molecule has 0 aromatic carbocycles. The minimum absolute atomic E-state index is 0. The molecule has 0 aromatic rings. The molecule has 0 amide bonds. The summed E-state index contributed by atoms with van der Waals surface area (Å²) in [6, 6.07) is 0. The zero-order valence-corrected chi connectivity index (χ0v) is 10.2. The average molecular weight is 184 g/mol. The first-order valence-corrected chi connectivity index (χ1v) is 3.86. The van der Waals surface area contributed by atoms with Crippen LogP contribution in [0.2, 0.25) is 0 Å². The second-order valence-corrected chi connectivity index (χ2v) is 2.20. The van der Waals surface area contributed by atoms with Gasteiger partial charge in [0, 0.05) is 19.5 Å². The Hall–Kier alpha value is 0.390. The molecular formula is C7H17N2NaO2. The van der Waals surface area contributed by atoms with E-state index in [1.807, 2.05) is 6.92 Å². The predicted molar refractivity (Wildman–Crippen MR) is 43.8 cm³/mol. The van der Waals surface area contributed by atoms with Crippen molar-refractivity contribution < 1.29 is 40.5 Å². The molecule has 0 spiro atoms. The smallest absolute Gasteiger partial charge is 1.00 e. The van der Waals surface area contributed by atoms with E-state index in [1.54, 1.807) is 11.9 Å². The van der Waals surface area contributed by atoms with Gasteiger partial charge in [-0.25, -0.2) is 5.01 Å². The first kappa shape index (κ1) is 14.9. The Labute approximate surface area is 97.2 Å². The minimum Gasteiger partial charge on any atom is -1.00 e. The van der Waals surface area contributed by atoms with E-state index in [0.717, 1.165) is 6.54 Å². The van der Waals surface area contributed by atoms with E-state index in [1.165, 1.54) is 0 Å². The molecule has 0 atom stereocenters. The average Bonchev–Trinajstić information content (AvgIpc) is 2.04. The number of nitrogens with zero attached hydrogens (tertiary/aromatic N) is 1. The first-order valence-electron chi connectivity index (χ1n) is 3.86. The van der Waals surface area contributed by atoms with Gasteiger partial charge in [-0.05, 0) is 0 Å². The molecule has 0 bridgehead atoms. The van der Waals surface area contributed by atoms with Gasteiger partial charge in [0.05, 0.1) is 0 Å². The summed E-state index contributed by atoms with van der Waals surface area (Å²) in [5, 5.41) is 1.60. The van der Waals surface area contributed by atoms with Crippen LogP contribution in [0.4, 0.5) is 0 Å². The molecule has 0 unspecified atom stereocenters. The molecule has 0 saturated carbocycles. The van der Waals surface area contributed by atoms with Crippen LogP contribution in [0, 0.1) is 0 Å². The van der Waals surface area contributed by atoms with Crippen LogP contribution in [0.15, 0.2) is 0 Å². The van der Waals surface area contributed by atoms with E-state index in [2.05, 4.69) is 0 Å². The minimum atomic E-state index is -0.172. The Morgan fingerprint density at radius 1 is 1.58 bits per heavy atom. The number of hydrogen-bond acceptors (Lipinski definition) is 4. The van der Waals surface area contributed by atoms with Crippen molar-refractivity contribution in [2.24, 2.45) is 5.84 Å². The fraction of sp³-hybridized carbons (Fsp3) is 0.857. The van der Waals surface area contributed by atoms with Crippen LogP contribution >= 0.6 is 0 Å². The molecule has 2 N–H and O–H groups in total. The van der Waals surface area contributed by atoms with Crippen LogP contribution in [0.5, 0.6) is 0 Å². The molecule has 0 aliphatic heterocycles. The number of rotatable bonds is 5. The summed E-state index contributed by atoms with van der Waals surface area (Å²) in [5.74, 6) is 5.27. The Balaban J connectivity index is -0.000000500. The van der Waals surface area contributed by atoms with Gasteiger partial charge < -0.3 is 6.16 Å². The fourth-order valence-electron chi connectivity index (χ4n) is 0.537. The van der Waals surface area contributed by atoms with Crippen molar-refractivity contribution in [2.45, 2.75) is 20.3 Å². The number of carbonyl (C=O) groups excluding carboxylic acids is 1. The Morgan fingerprint density at radius 3 is 2.58 bits per heavy atom. The maximum absolute atomic E-state index is 10.6. The van der Waals surface area contributed by atoms with Gasteiger partial charge >= 0.3 is 35.5 Å². The van der Waals surface area contributed by atoms with Crippen molar-refractivity contribution >= 4 is 5.97 Å². The van der Waals surface area contributed by atoms with Gasteiger partial charge in [-0.3, -0.25) is 10.6 Å². The summed E-state index contributed by atoms with van der Waals surface area (Å²) in [5.41, 5.74) is 0. The van der Waals surface area contributed by atoms with Gasteiger partial charge in [-0.15, -0.1) is 0 Å². The SMILES string of the molecule is CCC(=O)OCCN(N)CC.[H-].[Na+]. The van der Waals surface area contributed by atoms with Crippen LogP contribution in [-0.4, -0.2) is 30.7 Å². The second-order valence-electron chi connectivity index (χ2n) is 2.20. The zero-order valence-electron chi connectivity index (χ0n) is 9.17. The van der Waals surface area contributed by atoms with Gasteiger partial charge in [-0.1, -0.05) is 13.8 Å². The molecule has 12 heavy (non-hydrogen) atoms. The Kier molecular flexibility index (Phi) is 11.8. The monoisotopic (exact) mass is 184 g/mol. The molecule has 0 fully saturated rings. The van der Waals surface area contributed by atoms with Crippen LogP contribution in [0.3, 0.4) is 0 Å². The Bertz CT molecular complexity index is 127. The number of hydrogen-bond donors (Lipinski definition) is 1. The zero-order chi connectivity index (χ0) is 8.69. The van der Waals surface area contributed by atoms with Crippen molar-refractivity contribution in [3.8, 4) is 0 Å². The van der Waals surface area contributed by atoms with E-state index in [4.69, 9.17) is 10.6 Å². The topological polar surface area (TPSA) is 55.6 Å². The van der Waals surface area contributed by atoms with Gasteiger partial charge in [0.1, 0.15) is 6.61 Å². The number of ether oxygens (including phenoxy) is 1. The number of likely N-dealkylation sites (N-methyl/N-ethyl adjacent to an activating group) is 1. The summed E-state index contributed by atoms with van der Waals surface area (Å²) in [6.07, 6.45) is 0.427. The van der Waals surface area contributed by atoms with Crippen molar-refractivity contribution in [1.82, 2.24) is 5.01 Å². The van der Waals surface area contributed by atoms with E-state index in [-0.39, 0.29) is 37.0 Å². The summed E-state index contributed by atoms with van der Waals surface area (Å²) >= 11 is 0. The number of hydrazine groups is 1. The number of nitrogens with two attached hydrogens (primary N) is 1. The van der Waals surface area contributed by atoms with Crippen molar-refractivity contribution in [3.05, 3.63) is 0 Å². The van der Waals surface area contributed by atoms with Crippen molar-refractivity contribution in [2.75, 3.05) is 19.7 Å². The maximum atomic E-state index is 10.6. The molecule has 0 aliphatic rings. The van der Waals surface area contributed by atoms with E-state index >= 15 is 0 Å². The fourth-order valence-corrected chi connectivity index (χ4v) is 0.537. The first-order chi connectivity index (χ1) is 5.20. The maximum Gasteiger partial charge on any atom is 1.00 e.